The van der Waals surface area contributed by atoms with E-state index in [0.717, 1.165) is 40.4 Å². The van der Waals surface area contributed by atoms with Gasteiger partial charge in [-0.3, -0.25) is 0 Å². The predicted octanol–water partition coefficient (Wildman–Crippen LogP) is 3.89. The normalized spacial score (nSPS) is 11.2. The molecule has 0 saturated heterocycles. The van der Waals surface area contributed by atoms with Gasteiger partial charge in [0.05, 0.1) is 10.5 Å². The number of thioether (sulfide) groups is 1. The number of hydrogen-bond donors (Lipinski definition) is 1. The number of aromatic nitrogens is 3. The summed E-state index contributed by atoms with van der Waals surface area (Å²) in [5, 5.41) is 0.627. The summed E-state index contributed by atoms with van der Waals surface area (Å²) in [6.45, 7) is 3.08. The average Bonchev–Trinajstić information content (AvgIpc) is 2.60. The summed E-state index contributed by atoms with van der Waals surface area (Å²) >= 11 is 13.1. The molecule has 0 saturated carbocycles. The average molecular weight is 288 g/mol. The molecule has 0 spiro atoms. The Balaban J connectivity index is 2.21. The number of hydrogen-bond acceptors (Lipinski definition) is 3. The van der Waals surface area contributed by atoms with Crippen molar-refractivity contribution >= 4 is 46.7 Å². The minimum atomic E-state index is 0.627. The number of halogens is 1. The van der Waals surface area contributed by atoms with Gasteiger partial charge in [0, 0.05) is 12.7 Å². The van der Waals surface area contributed by atoms with Gasteiger partial charge in [-0.2, -0.15) is 11.8 Å². The molecule has 3 nitrogen and oxygen atoms in total. The number of aromatic amines is 1. The van der Waals surface area contributed by atoms with E-state index >= 15 is 0 Å². The van der Waals surface area contributed by atoms with E-state index in [2.05, 4.69) is 16.9 Å². The van der Waals surface area contributed by atoms with Gasteiger partial charge < -0.3 is 9.55 Å². The molecule has 2 heterocycles. The molecule has 2 aromatic heterocycles. The predicted molar refractivity (Wildman–Crippen MR) is 77.5 cm³/mol. The van der Waals surface area contributed by atoms with E-state index in [-0.39, 0.29) is 0 Å². The molecule has 0 bridgehead atoms. The van der Waals surface area contributed by atoms with Crippen molar-refractivity contribution in [2.75, 3.05) is 11.5 Å². The lowest BCUT2D eigenvalue weighted by atomic mass is 10.4. The number of aryl methyl sites for hydroxylation is 1. The fraction of sp³-hybridized carbons (Fsp3) is 0.455. The summed E-state index contributed by atoms with van der Waals surface area (Å²) in [4.78, 5) is 7.46. The second-order valence-electron chi connectivity index (χ2n) is 3.66. The minimum absolute atomic E-state index is 0.627. The van der Waals surface area contributed by atoms with Gasteiger partial charge >= 0.3 is 0 Å². The van der Waals surface area contributed by atoms with Crippen molar-refractivity contribution < 1.29 is 0 Å². The summed E-state index contributed by atoms with van der Waals surface area (Å²) in [6.07, 6.45) is 2.76. The monoisotopic (exact) mass is 287 g/mol. The third-order valence-electron chi connectivity index (χ3n) is 2.45. The summed E-state index contributed by atoms with van der Waals surface area (Å²) < 4.78 is 2.76. The number of imidazole rings is 1. The highest BCUT2D eigenvalue weighted by molar-refractivity contribution is 7.99. The van der Waals surface area contributed by atoms with Gasteiger partial charge in [-0.25, -0.2) is 4.98 Å². The van der Waals surface area contributed by atoms with Crippen molar-refractivity contribution in [2.24, 2.45) is 0 Å². The van der Waals surface area contributed by atoms with Crippen LogP contribution in [0.3, 0.4) is 0 Å². The first kappa shape index (κ1) is 12.9. The van der Waals surface area contributed by atoms with Crippen molar-refractivity contribution in [3.63, 3.8) is 0 Å². The fourth-order valence-corrected chi connectivity index (χ4v) is 2.76. The lowest BCUT2D eigenvalue weighted by molar-refractivity contribution is 0.688. The van der Waals surface area contributed by atoms with Crippen molar-refractivity contribution in [1.82, 2.24) is 14.5 Å². The highest BCUT2D eigenvalue weighted by Gasteiger charge is 2.05. The van der Waals surface area contributed by atoms with E-state index in [1.165, 1.54) is 0 Å². The highest BCUT2D eigenvalue weighted by Crippen LogP contribution is 2.17. The Labute approximate surface area is 115 Å². The van der Waals surface area contributed by atoms with Gasteiger partial charge in [-0.1, -0.05) is 18.5 Å². The number of rotatable bonds is 5. The van der Waals surface area contributed by atoms with Crippen LogP contribution < -0.4 is 0 Å². The van der Waals surface area contributed by atoms with Gasteiger partial charge in [-0.15, -0.1) is 0 Å². The highest BCUT2D eigenvalue weighted by atomic mass is 35.5. The van der Waals surface area contributed by atoms with Gasteiger partial charge in [0.15, 0.2) is 10.4 Å². The molecular weight excluding hydrogens is 274 g/mol. The van der Waals surface area contributed by atoms with Crippen LogP contribution in [-0.4, -0.2) is 26.0 Å². The maximum Gasteiger partial charge on any atom is 0.179 e. The SMILES string of the molecule is CCSCCCn1c(=S)[nH]c2cc(Cl)cnc21. The topological polar surface area (TPSA) is 33.6 Å². The third kappa shape index (κ3) is 3.03. The zero-order chi connectivity index (χ0) is 12.3. The second-order valence-corrected chi connectivity index (χ2v) is 5.87. The van der Waals surface area contributed by atoms with Crippen LogP contribution in [-0.2, 0) is 6.54 Å². The molecule has 0 unspecified atom stereocenters. The summed E-state index contributed by atoms with van der Waals surface area (Å²) in [5.74, 6) is 2.31. The van der Waals surface area contributed by atoms with Crippen molar-refractivity contribution in [1.29, 1.82) is 0 Å². The van der Waals surface area contributed by atoms with E-state index in [9.17, 15) is 0 Å². The van der Waals surface area contributed by atoms with E-state index in [4.69, 9.17) is 23.8 Å². The van der Waals surface area contributed by atoms with E-state index in [1.54, 1.807) is 6.20 Å². The lowest BCUT2D eigenvalue weighted by Crippen LogP contribution is -2.00. The summed E-state index contributed by atoms with van der Waals surface area (Å²) in [7, 11) is 0. The molecule has 2 aromatic rings. The molecule has 17 heavy (non-hydrogen) atoms. The Hall–Kier alpha value is -0.520. The maximum absolute atomic E-state index is 5.90. The van der Waals surface area contributed by atoms with Crippen LogP contribution in [0.25, 0.3) is 11.2 Å². The Morgan fingerprint density at radius 3 is 3.18 bits per heavy atom. The van der Waals surface area contributed by atoms with Crippen molar-refractivity contribution in [3.8, 4) is 0 Å². The molecule has 0 aliphatic heterocycles. The number of pyridine rings is 1. The second kappa shape index (κ2) is 5.89. The number of nitrogens with zero attached hydrogens (tertiary/aromatic N) is 2. The number of fused-ring (bicyclic) bond motifs is 1. The fourth-order valence-electron chi connectivity index (χ4n) is 1.69. The molecule has 0 aliphatic carbocycles. The largest absolute Gasteiger partial charge is 0.329 e. The van der Waals surface area contributed by atoms with E-state index < -0.39 is 0 Å². The zero-order valence-corrected chi connectivity index (χ0v) is 12.0. The number of nitrogens with one attached hydrogen (secondary N) is 1. The first-order valence-corrected chi connectivity index (χ1v) is 7.48. The first-order valence-electron chi connectivity index (χ1n) is 5.54. The molecule has 0 fully saturated rings. The molecule has 0 aliphatic rings. The Morgan fingerprint density at radius 2 is 2.41 bits per heavy atom. The Morgan fingerprint density at radius 1 is 1.59 bits per heavy atom. The van der Waals surface area contributed by atoms with Crippen LogP contribution >= 0.6 is 35.6 Å². The van der Waals surface area contributed by atoms with Gasteiger partial charge in [0.2, 0.25) is 0 Å². The van der Waals surface area contributed by atoms with Gasteiger partial charge in [0.1, 0.15) is 0 Å². The molecule has 2 rings (SSSR count). The quantitative estimate of drug-likeness (QED) is 0.669. The number of H-pyrrole nitrogens is 1. The lowest BCUT2D eigenvalue weighted by Gasteiger charge is -2.03. The summed E-state index contributed by atoms with van der Waals surface area (Å²) in [6, 6.07) is 1.86. The van der Waals surface area contributed by atoms with Crippen LogP contribution in [0.4, 0.5) is 0 Å². The van der Waals surface area contributed by atoms with Crippen molar-refractivity contribution in [2.45, 2.75) is 19.9 Å². The Bertz CT molecular complexity index is 561. The first-order chi connectivity index (χ1) is 8.22. The van der Waals surface area contributed by atoms with E-state index in [1.807, 2.05) is 22.4 Å². The van der Waals surface area contributed by atoms with Crippen LogP contribution in [0.15, 0.2) is 12.3 Å². The zero-order valence-electron chi connectivity index (χ0n) is 9.57. The Kier molecular flexibility index (Phi) is 4.48. The van der Waals surface area contributed by atoms with Crippen LogP contribution in [0, 0.1) is 4.77 Å². The molecule has 1 N–H and O–H groups in total. The molecule has 0 atom stereocenters. The molecule has 6 heteroatoms. The van der Waals surface area contributed by atoms with Crippen LogP contribution in [0.1, 0.15) is 13.3 Å². The third-order valence-corrected chi connectivity index (χ3v) is 3.96. The van der Waals surface area contributed by atoms with Crippen LogP contribution in [0.2, 0.25) is 5.02 Å². The molecular formula is C11H14ClN3S2. The molecule has 0 aromatic carbocycles. The molecule has 0 radical (unpaired) electrons. The van der Waals surface area contributed by atoms with Crippen LogP contribution in [0.5, 0.6) is 0 Å². The maximum atomic E-state index is 5.90. The minimum Gasteiger partial charge on any atom is -0.329 e. The smallest absolute Gasteiger partial charge is 0.179 e. The standard InChI is InChI=1S/C11H14ClN3S2/c1-2-17-5-3-4-15-10-9(14-11(15)16)6-8(12)7-13-10/h6-7H,2-5H2,1H3,(H,14,16). The van der Waals surface area contributed by atoms with Gasteiger partial charge in [-0.05, 0) is 36.2 Å². The van der Waals surface area contributed by atoms with Gasteiger partial charge in [0.25, 0.3) is 0 Å². The summed E-state index contributed by atoms with van der Waals surface area (Å²) in [5.41, 5.74) is 1.80. The van der Waals surface area contributed by atoms with E-state index in [0.29, 0.717) is 5.02 Å². The van der Waals surface area contributed by atoms with Crippen molar-refractivity contribution in [3.05, 3.63) is 22.1 Å². The molecule has 92 valence electrons. The molecule has 0 amide bonds.